The number of carbonyl (C=O) groups excluding carboxylic acids is 1. The van der Waals surface area contributed by atoms with Crippen LogP contribution in [0, 0.1) is 18.7 Å². The summed E-state index contributed by atoms with van der Waals surface area (Å²) < 4.78 is 25.3. The third kappa shape index (κ3) is 3.77. The average molecular weight is 465 g/mol. The maximum Gasteiger partial charge on any atom is 0.324 e. The lowest BCUT2D eigenvalue weighted by Crippen LogP contribution is -2.34. The molecular weight excluding hydrogens is 441 g/mol. The first-order valence-corrected chi connectivity index (χ1v) is 10.8. The Morgan fingerprint density at radius 2 is 2.00 bits per heavy atom. The van der Waals surface area contributed by atoms with Crippen LogP contribution in [0.1, 0.15) is 17.1 Å². The maximum atomic E-state index is 14.5. The quantitative estimate of drug-likeness (QED) is 0.423. The Morgan fingerprint density at radius 1 is 1.24 bits per heavy atom. The molecule has 2 atom stereocenters. The zero-order valence-electron chi connectivity index (χ0n) is 19.0. The predicted molar refractivity (Wildman–Crippen MR) is 122 cm³/mol. The lowest BCUT2D eigenvalue weighted by atomic mass is 10.0. The molecule has 3 heterocycles. The van der Waals surface area contributed by atoms with E-state index >= 15 is 0 Å². The maximum absolute atomic E-state index is 14.5. The van der Waals surface area contributed by atoms with Gasteiger partial charge in [0.2, 0.25) is 0 Å². The molecule has 1 aliphatic heterocycles. The smallest absolute Gasteiger partial charge is 0.324 e. The van der Waals surface area contributed by atoms with Gasteiger partial charge in [0, 0.05) is 43.9 Å². The summed E-state index contributed by atoms with van der Waals surface area (Å²) in [5.74, 6) is 0.273. The fourth-order valence-corrected chi connectivity index (χ4v) is 4.53. The molecule has 2 aromatic heterocycles. The van der Waals surface area contributed by atoms with Gasteiger partial charge in [0.05, 0.1) is 31.1 Å². The summed E-state index contributed by atoms with van der Waals surface area (Å²) in [6.45, 7) is 2.46. The summed E-state index contributed by atoms with van der Waals surface area (Å²) in [5.41, 5.74) is 9.96. The summed E-state index contributed by atoms with van der Waals surface area (Å²) >= 11 is 0. The number of hydrogen-bond donors (Lipinski definition) is 2. The van der Waals surface area contributed by atoms with Crippen molar-refractivity contribution in [3.8, 4) is 22.9 Å². The first-order chi connectivity index (χ1) is 16.4. The third-order valence-corrected chi connectivity index (χ3v) is 6.18. The zero-order valence-corrected chi connectivity index (χ0v) is 19.0. The second-order valence-corrected chi connectivity index (χ2v) is 8.32. The molecule has 1 aromatic carbocycles. The Balaban J connectivity index is 1.61. The minimum atomic E-state index is -0.508. The van der Waals surface area contributed by atoms with Crippen LogP contribution in [0.4, 0.5) is 15.9 Å². The predicted octanol–water partition coefficient (Wildman–Crippen LogP) is 2.06. The van der Waals surface area contributed by atoms with Crippen molar-refractivity contribution in [2.45, 2.75) is 19.4 Å². The largest absolute Gasteiger partial charge is 0.469 e. The van der Waals surface area contributed by atoms with Gasteiger partial charge < -0.3 is 25.4 Å². The zero-order chi connectivity index (χ0) is 24.0. The molecule has 2 aliphatic rings. The Bertz CT molecular complexity index is 1270. The summed E-state index contributed by atoms with van der Waals surface area (Å²) in [6.07, 6.45) is 3.56. The van der Waals surface area contributed by atoms with Gasteiger partial charge in [-0.05, 0) is 30.2 Å². The highest BCUT2D eigenvalue weighted by molar-refractivity contribution is 5.88. The molecule has 1 fully saturated rings. The van der Waals surface area contributed by atoms with Crippen LogP contribution in [0.2, 0.25) is 0 Å². The number of benzene rings is 1. The number of ether oxygens (including phenoxy) is 2. The van der Waals surface area contributed by atoms with Gasteiger partial charge in [0.1, 0.15) is 17.5 Å². The molecule has 0 amide bonds. The molecule has 176 valence electrons. The van der Waals surface area contributed by atoms with Crippen LogP contribution in [-0.4, -0.2) is 59.2 Å². The SMILES string of the molecule is CNc1cc(F)cc2c1Cc1nc(Oc3cnc(C)nc3)nc(N3CC(N)C(C(=O)OC)C3)c1-2. The van der Waals surface area contributed by atoms with Crippen LogP contribution in [0.15, 0.2) is 24.5 Å². The highest BCUT2D eigenvalue weighted by Gasteiger charge is 2.39. The van der Waals surface area contributed by atoms with Gasteiger partial charge in [-0.2, -0.15) is 9.97 Å². The molecule has 34 heavy (non-hydrogen) atoms. The van der Waals surface area contributed by atoms with Crippen LogP contribution in [0.25, 0.3) is 11.1 Å². The van der Waals surface area contributed by atoms with Gasteiger partial charge >= 0.3 is 12.0 Å². The molecule has 1 aliphatic carbocycles. The van der Waals surface area contributed by atoms with Crippen LogP contribution in [0.3, 0.4) is 0 Å². The topological polar surface area (TPSA) is 128 Å². The first-order valence-electron chi connectivity index (χ1n) is 10.8. The highest BCUT2D eigenvalue weighted by Crippen LogP contribution is 2.46. The number of aromatic nitrogens is 4. The van der Waals surface area contributed by atoms with Crippen molar-refractivity contribution in [1.82, 2.24) is 19.9 Å². The van der Waals surface area contributed by atoms with E-state index in [-0.39, 0.29) is 17.8 Å². The van der Waals surface area contributed by atoms with E-state index in [0.717, 1.165) is 5.56 Å². The summed E-state index contributed by atoms with van der Waals surface area (Å²) in [7, 11) is 3.09. The number of halogens is 1. The number of nitrogens with two attached hydrogens (primary N) is 1. The van der Waals surface area contributed by atoms with E-state index in [1.54, 1.807) is 26.4 Å². The van der Waals surface area contributed by atoms with E-state index in [4.69, 9.17) is 15.2 Å². The van der Waals surface area contributed by atoms with Crippen molar-refractivity contribution in [2.24, 2.45) is 11.7 Å². The molecule has 0 saturated carbocycles. The minimum Gasteiger partial charge on any atom is -0.469 e. The standard InChI is InChI=1S/C23H24FN7O3/c1-11-27-7-13(8-28-11)34-23-29-19-6-14-15(4-12(24)5-18(14)26-2)20(19)21(30-23)31-9-16(17(25)10-31)22(32)33-3/h4-5,7-8,16-17,26H,6,9-10,25H2,1-3H3. The van der Waals surface area contributed by atoms with Crippen LogP contribution in [0.5, 0.6) is 11.8 Å². The second kappa shape index (κ2) is 8.49. The normalized spacial score (nSPS) is 18.4. The fourth-order valence-electron chi connectivity index (χ4n) is 4.53. The van der Waals surface area contributed by atoms with Crippen molar-refractivity contribution in [3.63, 3.8) is 0 Å². The molecular formula is C23H24FN7O3. The number of nitrogens with one attached hydrogen (secondary N) is 1. The van der Waals surface area contributed by atoms with Gasteiger partial charge in [-0.25, -0.2) is 14.4 Å². The number of methoxy groups -OCH3 is 1. The fraction of sp³-hybridized carbons (Fsp3) is 0.348. The summed E-state index contributed by atoms with van der Waals surface area (Å²) in [5, 5.41) is 3.06. The molecule has 1 saturated heterocycles. The van der Waals surface area contributed by atoms with E-state index in [1.165, 1.54) is 19.2 Å². The molecule has 2 unspecified atom stereocenters. The molecule has 10 nitrogen and oxygen atoms in total. The number of rotatable bonds is 5. The lowest BCUT2D eigenvalue weighted by molar-refractivity contribution is -0.145. The molecule has 11 heteroatoms. The lowest BCUT2D eigenvalue weighted by Gasteiger charge is -2.21. The van der Waals surface area contributed by atoms with Crippen LogP contribution >= 0.6 is 0 Å². The monoisotopic (exact) mass is 465 g/mol. The van der Waals surface area contributed by atoms with E-state index in [2.05, 4.69) is 25.3 Å². The van der Waals surface area contributed by atoms with Gasteiger partial charge in [0.25, 0.3) is 0 Å². The number of nitrogens with zero attached hydrogens (tertiary/aromatic N) is 5. The Kier molecular flexibility index (Phi) is 5.48. The van der Waals surface area contributed by atoms with Crippen molar-refractivity contribution in [3.05, 3.63) is 47.4 Å². The Labute approximate surface area is 195 Å². The Hall–Kier alpha value is -3.86. The number of anilines is 2. The number of carbonyl (C=O) groups is 1. The third-order valence-electron chi connectivity index (χ3n) is 6.18. The van der Waals surface area contributed by atoms with Gasteiger partial charge in [-0.15, -0.1) is 0 Å². The summed E-state index contributed by atoms with van der Waals surface area (Å²) in [6, 6.07) is 2.61. The van der Waals surface area contributed by atoms with Crippen molar-refractivity contribution in [1.29, 1.82) is 0 Å². The van der Waals surface area contributed by atoms with E-state index in [9.17, 15) is 9.18 Å². The molecule has 3 aromatic rings. The minimum absolute atomic E-state index is 0.107. The average Bonchev–Trinajstić information content (AvgIpc) is 3.39. The van der Waals surface area contributed by atoms with E-state index in [1.807, 2.05) is 4.90 Å². The van der Waals surface area contributed by atoms with Crippen LogP contribution < -0.4 is 20.7 Å². The number of fused-ring (bicyclic) bond motifs is 3. The second-order valence-electron chi connectivity index (χ2n) is 8.32. The number of esters is 1. The molecule has 0 bridgehead atoms. The number of hydrogen-bond acceptors (Lipinski definition) is 10. The first kappa shape index (κ1) is 22.0. The van der Waals surface area contributed by atoms with Crippen molar-refractivity contribution < 1.29 is 18.7 Å². The number of aryl methyl sites for hydroxylation is 1. The van der Waals surface area contributed by atoms with Gasteiger partial charge in [-0.3, -0.25) is 4.79 Å². The van der Waals surface area contributed by atoms with Crippen molar-refractivity contribution in [2.75, 3.05) is 37.5 Å². The molecule has 5 rings (SSSR count). The van der Waals surface area contributed by atoms with Gasteiger partial charge in [-0.1, -0.05) is 0 Å². The Morgan fingerprint density at radius 3 is 2.71 bits per heavy atom. The van der Waals surface area contributed by atoms with Crippen LogP contribution in [-0.2, 0) is 16.0 Å². The molecule has 0 radical (unpaired) electrons. The van der Waals surface area contributed by atoms with Crippen molar-refractivity contribution >= 4 is 17.5 Å². The molecule has 0 spiro atoms. The molecule has 3 N–H and O–H groups in total. The van der Waals surface area contributed by atoms with E-state index < -0.39 is 12.0 Å². The van der Waals surface area contributed by atoms with Gasteiger partial charge in [0.15, 0.2) is 5.75 Å². The highest BCUT2D eigenvalue weighted by atomic mass is 19.1. The summed E-state index contributed by atoms with van der Waals surface area (Å²) in [4.78, 5) is 31.7. The van der Waals surface area contributed by atoms with E-state index in [0.29, 0.717) is 59.4 Å².